The van der Waals surface area contributed by atoms with Gasteiger partial charge in [0.25, 0.3) is 11.5 Å². The van der Waals surface area contributed by atoms with Crippen LogP contribution in [0.5, 0.6) is 5.75 Å². The lowest BCUT2D eigenvalue weighted by atomic mass is 10.1. The van der Waals surface area contributed by atoms with Crippen molar-refractivity contribution in [3.05, 3.63) is 87.9 Å². The van der Waals surface area contributed by atoms with Gasteiger partial charge in [-0.15, -0.1) is 0 Å². The number of hydrogen-bond donors (Lipinski definition) is 2. The molecule has 0 atom stereocenters. The number of nitrogens with one attached hydrogen (secondary N) is 1. The first kappa shape index (κ1) is 22.8. The van der Waals surface area contributed by atoms with Crippen LogP contribution in [0.15, 0.2) is 59.7 Å². The molecule has 0 bridgehead atoms. The molecule has 2 N–H and O–H groups in total. The summed E-state index contributed by atoms with van der Waals surface area (Å²) >= 11 is 0. The first-order valence-corrected chi connectivity index (χ1v) is 11.2. The summed E-state index contributed by atoms with van der Waals surface area (Å²) in [6, 6.07) is 10.9. The van der Waals surface area contributed by atoms with Gasteiger partial charge >= 0.3 is 0 Å². The average Bonchev–Trinajstić information content (AvgIpc) is 3.30. The van der Waals surface area contributed by atoms with E-state index in [0.717, 1.165) is 50.5 Å². The number of ether oxygens (including phenoxy) is 1. The van der Waals surface area contributed by atoms with Crippen LogP contribution in [0, 0.1) is 12.7 Å². The normalized spacial score (nSPS) is 14.3. The van der Waals surface area contributed by atoms with E-state index in [1.807, 2.05) is 24.3 Å². The van der Waals surface area contributed by atoms with Crippen molar-refractivity contribution < 1.29 is 19.0 Å². The van der Waals surface area contributed by atoms with E-state index in [-0.39, 0.29) is 16.8 Å². The van der Waals surface area contributed by atoms with Gasteiger partial charge in [0.05, 0.1) is 36.4 Å². The average molecular weight is 477 g/mol. The van der Waals surface area contributed by atoms with Crippen LogP contribution < -0.4 is 10.9 Å². The van der Waals surface area contributed by atoms with E-state index in [2.05, 4.69) is 15.3 Å². The van der Waals surface area contributed by atoms with Gasteiger partial charge in [0, 0.05) is 37.6 Å². The largest absolute Gasteiger partial charge is 0.506 e. The Morgan fingerprint density at radius 2 is 1.91 bits per heavy atom. The van der Waals surface area contributed by atoms with Crippen molar-refractivity contribution in [2.75, 3.05) is 31.6 Å². The van der Waals surface area contributed by atoms with E-state index >= 15 is 0 Å². The molecule has 1 aliphatic rings. The molecule has 9 nitrogen and oxygen atoms in total. The number of aromatic hydroxyl groups is 1. The fourth-order valence-corrected chi connectivity index (χ4v) is 4.19. The molecule has 1 fully saturated rings. The van der Waals surface area contributed by atoms with Gasteiger partial charge in [0.2, 0.25) is 0 Å². The number of carbonyl (C=O) groups is 1. The fourth-order valence-electron chi connectivity index (χ4n) is 4.19. The van der Waals surface area contributed by atoms with E-state index in [1.54, 1.807) is 6.92 Å². The maximum atomic E-state index is 13.4. The smallest absolute Gasteiger partial charge is 0.282 e. The predicted molar refractivity (Wildman–Crippen MR) is 128 cm³/mol. The Morgan fingerprint density at radius 1 is 1.17 bits per heavy atom. The van der Waals surface area contributed by atoms with Crippen LogP contribution in [0.1, 0.15) is 21.6 Å². The summed E-state index contributed by atoms with van der Waals surface area (Å²) in [4.78, 5) is 28.7. The molecule has 1 amide bonds. The standard InChI is InChI=1S/C25H24FN5O4/c1-16-14-30(21-7-4-18(26)12-22(21)32)25(34)23-20(13-27-31(16)23)24(33)28-19-5-2-17(3-6-19)15-29-8-10-35-11-9-29/h2-7,12-14,32H,8-11,15H2,1H3,(H,28,33). The summed E-state index contributed by atoms with van der Waals surface area (Å²) in [5.74, 6) is -1.51. The molecule has 0 spiro atoms. The Balaban J connectivity index is 1.42. The number of halogens is 1. The van der Waals surface area contributed by atoms with E-state index < -0.39 is 23.0 Å². The van der Waals surface area contributed by atoms with Gasteiger partial charge in [-0.3, -0.25) is 19.1 Å². The number of morpholine rings is 1. The highest BCUT2D eigenvalue weighted by atomic mass is 19.1. The van der Waals surface area contributed by atoms with Crippen LogP contribution in [0.2, 0.25) is 0 Å². The van der Waals surface area contributed by atoms with Crippen molar-refractivity contribution in [1.29, 1.82) is 0 Å². The van der Waals surface area contributed by atoms with Crippen molar-refractivity contribution >= 4 is 17.1 Å². The number of phenolic OH excluding ortho intramolecular Hbond substituents is 1. The molecule has 2 aromatic heterocycles. The Labute approximate surface area is 200 Å². The number of fused-ring (bicyclic) bond motifs is 1. The van der Waals surface area contributed by atoms with Gasteiger partial charge in [0.1, 0.15) is 17.1 Å². The van der Waals surface area contributed by atoms with E-state index in [0.29, 0.717) is 11.4 Å². The number of hydrogen-bond acceptors (Lipinski definition) is 6. The monoisotopic (exact) mass is 477 g/mol. The van der Waals surface area contributed by atoms with Crippen molar-refractivity contribution in [3.63, 3.8) is 0 Å². The van der Waals surface area contributed by atoms with Gasteiger partial charge in [-0.25, -0.2) is 8.91 Å². The predicted octanol–water partition coefficient (Wildman–Crippen LogP) is 2.72. The number of aromatic nitrogens is 3. The second-order valence-corrected chi connectivity index (χ2v) is 8.44. The van der Waals surface area contributed by atoms with Crippen molar-refractivity contribution in [1.82, 2.24) is 19.1 Å². The quantitative estimate of drug-likeness (QED) is 0.459. The lowest BCUT2D eigenvalue weighted by Gasteiger charge is -2.26. The fraction of sp³-hybridized carbons (Fsp3) is 0.240. The number of anilines is 1. The molecule has 2 aromatic carbocycles. The molecule has 10 heteroatoms. The second-order valence-electron chi connectivity index (χ2n) is 8.44. The minimum atomic E-state index is -0.627. The molecule has 0 saturated carbocycles. The van der Waals surface area contributed by atoms with E-state index in [1.165, 1.54) is 27.5 Å². The van der Waals surface area contributed by atoms with Crippen LogP contribution in [0.25, 0.3) is 11.2 Å². The Hall–Kier alpha value is -4.02. The van der Waals surface area contributed by atoms with Gasteiger partial charge in [0.15, 0.2) is 0 Å². The molecule has 0 radical (unpaired) electrons. The Kier molecular flexibility index (Phi) is 6.06. The summed E-state index contributed by atoms with van der Waals surface area (Å²) < 4.78 is 21.4. The minimum Gasteiger partial charge on any atom is -0.506 e. The highest BCUT2D eigenvalue weighted by Crippen LogP contribution is 2.23. The zero-order valence-corrected chi connectivity index (χ0v) is 19.1. The highest BCUT2D eigenvalue weighted by Gasteiger charge is 2.20. The summed E-state index contributed by atoms with van der Waals surface area (Å²) in [7, 11) is 0. The molecule has 180 valence electrons. The second kappa shape index (κ2) is 9.32. The molecule has 35 heavy (non-hydrogen) atoms. The zero-order chi connectivity index (χ0) is 24.5. The number of aryl methyl sites for hydroxylation is 1. The van der Waals surface area contributed by atoms with Crippen LogP contribution >= 0.6 is 0 Å². The molecule has 4 aromatic rings. The third-order valence-corrected chi connectivity index (χ3v) is 6.00. The number of phenols is 1. The lowest BCUT2D eigenvalue weighted by Crippen LogP contribution is -2.35. The van der Waals surface area contributed by atoms with Gasteiger partial charge in [-0.2, -0.15) is 5.10 Å². The van der Waals surface area contributed by atoms with Crippen molar-refractivity contribution in [2.45, 2.75) is 13.5 Å². The Bertz CT molecular complexity index is 1460. The maximum absolute atomic E-state index is 13.4. The topological polar surface area (TPSA) is 101 Å². The highest BCUT2D eigenvalue weighted by molar-refractivity contribution is 6.08. The molecular formula is C25H24FN5O4. The van der Waals surface area contributed by atoms with Gasteiger partial charge < -0.3 is 15.2 Å². The number of nitrogens with zero attached hydrogens (tertiary/aromatic N) is 4. The van der Waals surface area contributed by atoms with Gasteiger partial charge in [-0.1, -0.05) is 12.1 Å². The van der Waals surface area contributed by atoms with E-state index in [4.69, 9.17) is 4.74 Å². The zero-order valence-electron chi connectivity index (χ0n) is 19.1. The minimum absolute atomic E-state index is 0.0511. The molecule has 3 heterocycles. The number of amides is 1. The van der Waals surface area contributed by atoms with E-state index in [9.17, 15) is 19.1 Å². The molecule has 5 rings (SSSR count). The summed E-state index contributed by atoms with van der Waals surface area (Å²) in [5, 5.41) is 17.2. The molecule has 0 unspecified atom stereocenters. The summed E-state index contributed by atoms with van der Waals surface area (Å²) in [6.07, 6.45) is 2.81. The first-order chi connectivity index (χ1) is 16.9. The third kappa shape index (κ3) is 4.53. The third-order valence-electron chi connectivity index (χ3n) is 6.00. The van der Waals surface area contributed by atoms with Crippen molar-refractivity contribution in [3.8, 4) is 11.4 Å². The number of carbonyl (C=O) groups excluding carboxylic acids is 1. The van der Waals surface area contributed by atoms with Crippen LogP contribution in [0.4, 0.5) is 10.1 Å². The molecule has 0 aliphatic carbocycles. The summed E-state index contributed by atoms with van der Waals surface area (Å²) in [5.41, 5.74) is 1.94. The number of benzene rings is 2. The Morgan fingerprint density at radius 3 is 2.63 bits per heavy atom. The summed E-state index contributed by atoms with van der Waals surface area (Å²) in [6.45, 7) is 5.76. The van der Waals surface area contributed by atoms with Crippen molar-refractivity contribution in [2.24, 2.45) is 0 Å². The number of rotatable bonds is 5. The molecule has 1 aliphatic heterocycles. The van der Waals surface area contributed by atoms with Crippen LogP contribution in [0.3, 0.4) is 0 Å². The maximum Gasteiger partial charge on any atom is 0.282 e. The van der Waals surface area contributed by atoms with Gasteiger partial charge in [-0.05, 0) is 36.8 Å². The van der Waals surface area contributed by atoms with Crippen LogP contribution in [-0.4, -0.2) is 56.4 Å². The molecule has 1 saturated heterocycles. The SMILES string of the molecule is Cc1cn(-c2ccc(F)cc2O)c(=O)c2c(C(=O)Nc3ccc(CN4CCOCC4)cc3)cnn12. The molecular weight excluding hydrogens is 453 g/mol. The first-order valence-electron chi connectivity index (χ1n) is 11.2. The van der Waals surface area contributed by atoms with Crippen LogP contribution in [-0.2, 0) is 11.3 Å². The lowest BCUT2D eigenvalue weighted by molar-refractivity contribution is 0.0342.